The number of nitrogens with one attached hydrogen (secondary N) is 1. The summed E-state index contributed by atoms with van der Waals surface area (Å²) in [6.07, 6.45) is 4.34. The molecular weight excluding hydrogens is 214 g/mol. The monoisotopic (exact) mass is 237 g/mol. The average molecular weight is 237 g/mol. The van der Waals surface area contributed by atoms with Crippen molar-refractivity contribution in [1.82, 2.24) is 15.1 Å². The smallest absolute Gasteiger partial charge is 0.0727 e. The second kappa shape index (κ2) is 5.19. The molecule has 2 rings (SSSR count). The maximum atomic E-state index is 10.4. The molecule has 2 N–H and O–H groups in total. The van der Waals surface area contributed by atoms with Crippen molar-refractivity contribution in [3.63, 3.8) is 0 Å². The molecule has 17 heavy (non-hydrogen) atoms. The normalized spacial score (nSPS) is 19.8. The van der Waals surface area contributed by atoms with Crippen LogP contribution >= 0.6 is 0 Å². The largest absolute Gasteiger partial charge is 0.389 e. The molecule has 2 heterocycles. The van der Waals surface area contributed by atoms with Gasteiger partial charge >= 0.3 is 0 Å². The van der Waals surface area contributed by atoms with Crippen LogP contribution in [0.25, 0.3) is 0 Å². The van der Waals surface area contributed by atoms with Gasteiger partial charge in [0.1, 0.15) is 0 Å². The molecule has 0 atom stereocenters. The highest BCUT2D eigenvalue weighted by atomic mass is 16.3. The van der Waals surface area contributed by atoms with Crippen LogP contribution in [0, 0.1) is 5.92 Å². The highest BCUT2D eigenvalue weighted by Crippen LogP contribution is 2.22. The average Bonchev–Trinajstić information content (AvgIpc) is 2.64. The lowest BCUT2D eigenvalue weighted by atomic mass is 9.88. The quantitative estimate of drug-likeness (QED) is 0.827. The number of piperidine rings is 1. The van der Waals surface area contributed by atoms with Gasteiger partial charge in [0.25, 0.3) is 0 Å². The molecule has 1 saturated heterocycles. The van der Waals surface area contributed by atoms with Crippen LogP contribution in [0.4, 0.5) is 0 Å². The van der Waals surface area contributed by atoms with Crippen LogP contribution in [0.2, 0.25) is 0 Å². The van der Waals surface area contributed by atoms with Crippen molar-refractivity contribution in [3.05, 3.63) is 18.0 Å². The fourth-order valence-corrected chi connectivity index (χ4v) is 2.38. The van der Waals surface area contributed by atoms with E-state index in [9.17, 15) is 5.11 Å². The first-order valence-electron chi connectivity index (χ1n) is 6.53. The third-order valence-electron chi connectivity index (χ3n) is 3.29. The molecule has 0 aliphatic carbocycles. The Morgan fingerprint density at radius 1 is 1.47 bits per heavy atom. The fraction of sp³-hybridized carbons (Fsp3) is 0.769. The molecule has 1 aliphatic rings. The molecule has 0 radical (unpaired) electrons. The molecule has 1 aliphatic heterocycles. The van der Waals surface area contributed by atoms with E-state index in [0.717, 1.165) is 38.2 Å². The van der Waals surface area contributed by atoms with Crippen LogP contribution in [-0.2, 0) is 13.0 Å². The Kier molecular flexibility index (Phi) is 3.84. The minimum Gasteiger partial charge on any atom is -0.389 e. The van der Waals surface area contributed by atoms with Crippen molar-refractivity contribution in [2.45, 2.75) is 45.3 Å². The zero-order valence-corrected chi connectivity index (χ0v) is 10.8. The van der Waals surface area contributed by atoms with Gasteiger partial charge in [0.15, 0.2) is 0 Å². The van der Waals surface area contributed by atoms with Crippen molar-refractivity contribution in [3.8, 4) is 0 Å². The molecule has 0 amide bonds. The van der Waals surface area contributed by atoms with Crippen LogP contribution in [0.5, 0.6) is 0 Å². The van der Waals surface area contributed by atoms with Gasteiger partial charge in [-0.3, -0.25) is 4.68 Å². The molecule has 0 unspecified atom stereocenters. The van der Waals surface area contributed by atoms with Gasteiger partial charge in [0.2, 0.25) is 0 Å². The van der Waals surface area contributed by atoms with Crippen molar-refractivity contribution in [1.29, 1.82) is 0 Å². The summed E-state index contributed by atoms with van der Waals surface area (Å²) in [6, 6.07) is 2.03. The van der Waals surface area contributed by atoms with E-state index < -0.39 is 5.60 Å². The maximum Gasteiger partial charge on any atom is 0.0727 e. The molecular formula is C13H23N3O. The highest BCUT2D eigenvalue weighted by Gasteiger charge is 2.30. The third kappa shape index (κ3) is 3.54. The summed E-state index contributed by atoms with van der Waals surface area (Å²) in [5.41, 5.74) is 0.456. The number of aliphatic hydroxyl groups is 1. The fourth-order valence-electron chi connectivity index (χ4n) is 2.38. The molecule has 1 aromatic rings. The Morgan fingerprint density at radius 3 is 2.82 bits per heavy atom. The predicted octanol–water partition coefficient (Wildman–Crippen LogP) is 1.20. The summed E-state index contributed by atoms with van der Waals surface area (Å²) < 4.78 is 1.98. The van der Waals surface area contributed by atoms with Gasteiger partial charge in [-0.2, -0.15) is 5.10 Å². The number of hydrogen-bond donors (Lipinski definition) is 2. The van der Waals surface area contributed by atoms with Gasteiger partial charge in [-0.1, -0.05) is 13.8 Å². The Hall–Kier alpha value is -0.870. The SMILES string of the molecule is CC(C)Cn1ccc(CC2(O)CCNCC2)n1. The lowest BCUT2D eigenvalue weighted by Gasteiger charge is -2.31. The lowest BCUT2D eigenvalue weighted by molar-refractivity contribution is 0.00989. The van der Waals surface area contributed by atoms with E-state index in [2.05, 4.69) is 24.3 Å². The first-order chi connectivity index (χ1) is 8.07. The van der Waals surface area contributed by atoms with E-state index in [1.165, 1.54) is 0 Å². The predicted molar refractivity (Wildman–Crippen MR) is 67.8 cm³/mol. The zero-order valence-electron chi connectivity index (χ0n) is 10.8. The second-order valence-electron chi connectivity index (χ2n) is 5.57. The zero-order chi connectivity index (χ0) is 12.3. The second-order valence-corrected chi connectivity index (χ2v) is 5.57. The van der Waals surface area contributed by atoms with Crippen LogP contribution in [0.3, 0.4) is 0 Å². The Labute approximate surface area is 103 Å². The van der Waals surface area contributed by atoms with E-state index in [4.69, 9.17) is 0 Å². The molecule has 1 aromatic heterocycles. The van der Waals surface area contributed by atoms with Crippen LogP contribution in [-0.4, -0.2) is 33.6 Å². The molecule has 0 saturated carbocycles. The minimum absolute atomic E-state index is 0.553. The van der Waals surface area contributed by atoms with E-state index in [1.54, 1.807) is 0 Å². The van der Waals surface area contributed by atoms with Crippen LogP contribution < -0.4 is 5.32 Å². The van der Waals surface area contributed by atoms with Crippen molar-refractivity contribution in [2.75, 3.05) is 13.1 Å². The highest BCUT2D eigenvalue weighted by molar-refractivity contribution is 5.05. The van der Waals surface area contributed by atoms with Gasteiger partial charge in [0.05, 0.1) is 11.3 Å². The Bertz CT molecular complexity index is 353. The topological polar surface area (TPSA) is 50.1 Å². The first-order valence-corrected chi connectivity index (χ1v) is 6.53. The van der Waals surface area contributed by atoms with Crippen molar-refractivity contribution < 1.29 is 5.11 Å². The molecule has 4 heteroatoms. The number of aromatic nitrogens is 2. The first kappa shape index (κ1) is 12.6. The van der Waals surface area contributed by atoms with E-state index >= 15 is 0 Å². The van der Waals surface area contributed by atoms with Gasteiger partial charge < -0.3 is 10.4 Å². The van der Waals surface area contributed by atoms with Crippen molar-refractivity contribution in [2.24, 2.45) is 5.92 Å². The van der Waals surface area contributed by atoms with Crippen molar-refractivity contribution >= 4 is 0 Å². The Balaban J connectivity index is 1.96. The summed E-state index contributed by atoms with van der Waals surface area (Å²) >= 11 is 0. The molecule has 4 nitrogen and oxygen atoms in total. The summed E-state index contributed by atoms with van der Waals surface area (Å²) in [5, 5.41) is 18.2. The van der Waals surface area contributed by atoms with Gasteiger partial charge in [-0.25, -0.2) is 0 Å². The Morgan fingerprint density at radius 2 is 2.18 bits per heavy atom. The third-order valence-corrected chi connectivity index (χ3v) is 3.29. The number of rotatable bonds is 4. The molecule has 0 aromatic carbocycles. The number of hydrogen-bond acceptors (Lipinski definition) is 3. The van der Waals surface area contributed by atoms with Gasteiger partial charge in [0, 0.05) is 19.2 Å². The maximum absolute atomic E-state index is 10.4. The summed E-state index contributed by atoms with van der Waals surface area (Å²) in [4.78, 5) is 0. The van der Waals surface area contributed by atoms with Crippen LogP contribution in [0.15, 0.2) is 12.3 Å². The van der Waals surface area contributed by atoms with E-state index in [1.807, 2.05) is 16.9 Å². The van der Waals surface area contributed by atoms with Gasteiger partial charge in [-0.05, 0) is 37.9 Å². The van der Waals surface area contributed by atoms with E-state index in [0.29, 0.717) is 12.3 Å². The van der Waals surface area contributed by atoms with E-state index in [-0.39, 0.29) is 0 Å². The molecule has 0 spiro atoms. The molecule has 1 fully saturated rings. The summed E-state index contributed by atoms with van der Waals surface area (Å²) in [6.45, 7) is 7.12. The minimum atomic E-state index is -0.553. The molecule has 0 bridgehead atoms. The summed E-state index contributed by atoms with van der Waals surface area (Å²) in [5.74, 6) is 0.602. The lowest BCUT2D eigenvalue weighted by Crippen LogP contribution is -2.43. The standard InChI is InChI=1S/C13H23N3O/c1-11(2)10-16-8-3-12(15-16)9-13(17)4-6-14-7-5-13/h3,8,11,14,17H,4-7,9-10H2,1-2H3. The van der Waals surface area contributed by atoms with Crippen LogP contribution in [0.1, 0.15) is 32.4 Å². The molecule has 96 valence electrons. The number of nitrogens with zero attached hydrogens (tertiary/aromatic N) is 2. The van der Waals surface area contributed by atoms with Gasteiger partial charge in [-0.15, -0.1) is 0 Å². The summed E-state index contributed by atoms with van der Waals surface area (Å²) in [7, 11) is 0.